The molecule has 1 saturated carbocycles. The summed E-state index contributed by atoms with van der Waals surface area (Å²) in [5, 5.41) is 9.40. The summed E-state index contributed by atoms with van der Waals surface area (Å²) in [6, 6.07) is 14.3. The number of piperazine rings is 1. The van der Waals surface area contributed by atoms with E-state index in [9.17, 15) is 9.18 Å². The number of benzene rings is 2. The topological polar surface area (TPSA) is 66.6 Å². The van der Waals surface area contributed by atoms with Crippen LogP contribution in [-0.2, 0) is 4.79 Å². The lowest BCUT2D eigenvalue weighted by Crippen LogP contribution is -2.51. The van der Waals surface area contributed by atoms with Crippen LogP contribution in [0.4, 0.5) is 10.2 Å². The van der Waals surface area contributed by atoms with E-state index in [2.05, 4.69) is 10.3 Å². The van der Waals surface area contributed by atoms with Gasteiger partial charge in [-0.05, 0) is 43.0 Å². The average molecular weight is 416 g/mol. The number of rotatable bonds is 4. The van der Waals surface area contributed by atoms with E-state index in [-0.39, 0.29) is 18.3 Å². The molecule has 2 aromatic carbocycles. The maximum absolute atomic E-state index is 14.5. The van der Waals surface area contributed by atoms with E-state index in [1.54, 1.807) is 22.7 Å². The number of halogens is 1. The van der Waals surface area contributed by atoms with Gasteiger partial charge in [-0.2, -0.15) is 4.52 Å². The van der Waals surface area contributed by atoms with Gasteiger partial charge in [0.25, 0.3) is 0 Å². The molecule has 0 atom stereocenters. The van der Waals surface area contributed by atoms with Crippen molar-refractivity contribution in [2.24, 2.45) is 5.92 Å². The number of amides is 1. The number of hydrogen-bond acceptors (Lipinski definition) is 5. The number of anilines is 1. The molecule has 6 rings (SSSR count). The minimum absolute atomic E-state index is 0.130. The van der Waals surface area contributed by atoms with E-state index in [0.29, 0.717) is 41.7 Å². The van der Waals surface area contributed by atoms with Crippen molar-refractivity contribution in [1.82, 2.24) is 24.7 Å². The van der Waals surface area contributed by atoms with Crippen molar-refractivity contribution >= 4 is 28.3 Å². The zero-order valence-corrected chi connectivity index (χ0v) is 16.9. The lowest BCUT2D eigenvalue weighted by molar-refractivity contribution is -0.131. The van der Waals surface area contributed by atoms with Gasteiger partial charge < -0.3 is 9.80 Å². The van der Waals surface area contributed by atoms with E-state index in [1.165, 1.54) is 18.9 Å². The highest BCUT2D eigenvalue weighted by Crippen LogP contribution is 2.33. The van der Waals surface area contributed by atoms with Crippen molar-refractivity contribution in [3.63, 3.8) is 0 Å². The Labute approximate surface area is 178 Å². The van der Waals surface area contributed by atoms with Crippen molar-refractivity contribution in [3.8, 4) is 11.3 Å². The molecule has 1 aliphatic heterocycles. The molecule has 2 fully saturated rings. The van der Waals surface area contributed by atoms with Crippen LogP contribution in [0.3, 0.4) is 0 Å². The molecule has 0 spiro atoms. The first-order valence-electron chi connectivity index (χ1n) is 10.6. The van der Waals surface area contributed by atoms with E-state index in [1.807, 2.05) is 34.1 Å². The Bertz CT molecular complexity index is 1310. The van der Waals surface area contributed by atoms with Crippen LogP contribution in [0.2, 0.25) is 0 Å². The second-order valence-electron chi connectivity index (χ2n) is 8.31. The van der Waals surface area contributed by atoms with Gasteiger partial charge in [-0.25, -0.2) is 9.37 Å². The van der Waals surface area contributed by atoms with Crippen molar-refractivity contribution in [3.05, 3.63) is 54.3 Å². The fraction of sp³-hybridized carbons (Fsp3) is 0.304. The molecule has 8 heteroatoms. The van der Waals surface area contributed by atoms with Gasteiger partial charge in [-0.1, -0.05) is 29.5 Å². The third-order valence-electron chi connectivity index (χ3n) is 6.15. The highest BCUT2D eigenvalue weighted by molar-refractivity contribution is 5.95. The molecule has 0 radical (unpaired) electrons. The quantitative estimate of drug-likeness (QED) is 0.511. The van der Waals surface area contributed by atoms with Crippen molar-refractivity contribution in [2.75, 3.05) is 31.1 Å². The predicted molar refractivity (Wildman–Crippen MR) is 115 cm³/mol. The molecular weight excluding hydrogens is 395 g/mol. The summed E-state index contributed by atoms with van der Waals surface area (Å²) >= 11 is 0. The number of carbonyl (C=O) groups is 1. The summed E-state index contributed by atoms with van der Waals surface area (Å²) in [6.07, 6.45) is 2.45. The molecule has 4 aromatic rings. The number of carbonyl (C=O) groups excluding carboxylic acids is 1. The summed E-state index contributed by atoms with van der Waals surface area (Å²) in [5.41, 5.74) is 2.05. The molecule has 2 aromatic heterocycles. The first kappa shape index (κ1) is 18.2. The SMILES string of the molecule is O=C1CN(c2nc3c(-c4ccccc4F)nnn3c3ccccc23)CCN1CC1CC1. The van der Waals surface area contributed by atoms with E-state index in [4.69, 9.17) is 4.98 Å². The Kier molecular flexibility index (Phi) is 4.12. The van der Waals surface area contributed by atoms with Gasteiger partial charge in [0.2, 0.25) is 5.91 Å². The number of aromatic nitrogens is 4. The smallest absolute Gasteiger partial charge is 0.242 e. The fourth-order valence-corrected chi connectivity index (χ4v) is 4.31. The Balaban J connectivity index is 1.46. The summed E-state index contributed by atoms with van der Waals surface area (Å²) in [6.45, 7) is 2.55. The van der Waals surface area contributed by atoms with Gasteiger partial charge in [-0.15, -0.1) is 5.10 Å². The maximum atomic E-state index is 14.5. The van der Waals surface area contributed by atoms with Crippen LogP contribution < -0.4 is 4.90 Å². The first-order valence-corrected chi connectivity index (χ1v) is 10.6. The van der Waals surface area contributed by atoms with Gasteiger partial charge in [0.1, 0.15) is 17.3 Å². The second-order valence-corrected chi connectivity index (χ2v) is 8.31. The number of nitrogens with zero attached hydrogens (tertiary/aromatic N) is 6. The molecule has 0 bridgehead atoms. The summed E-state index contributed by atoms with van der Waals surface area (Å²) in [5.74, 6) is 1.14. The van der Waals surface area contributed by atoms with E-state index in [0.717, 1.165) is 17.4 Å². The standard InChI is InChI=1S/C23H21FN6O/c24-18-7-3-1-5-16(18)21-23-25-22(17-6-2-4-8-19(17)30(23)27-26-21)29-12-11-28(20(31)14-29)13-15-9-10-15/h1-8,15H,9-14H2. The van der Waals surface area contributed by atoms with Crippen LogP contribution >= 0.6 is 0 Å². The fourth-order valence-electron chi connectivity index (χ4n) is 4.31. The van der Waals surface area contributed by atoms with E-state index >= 15 is 0 Å². The molecule has 7 nitrogen and oxygen atoms in total. The highest BCUT2D eigenvalue weighted by atomic mass is 19.1. The minimum Gasteiger partial charge on any atom is -0.345 e. The second kappa shape index (κ2) is 7.01. The lowest BCUT2D eigenvalue weighted by atomic mass is 10.1. The Morgan fingerprint density at radius 1 is 1.03 bits per heavy atom. The number of fused-ring (bicyclic) bond motifs is 3. The van der Waals surface area contributed by atoms with Gasteiger partial charge in [0.15, 0.2) is 5.65 Å². The molecule has 31 heavy (non-hydrogen) atoms. The van der Waals surface area contributed by atoms with E-state index < -0.39 is 0 Å². The molecular formula is C23H21FN6O. The Morgan fingerprint density at radius 2 is 1.84 bits per heavy atom. The van der Waals surface area contributed by atoms with Gasteiger partial charge in [0, 0.05) is 30.6 Å². The lowest BCUT2D eigenvalue weighted by Gasteiger charge is -2.35. The Morgan fingerprint density at radius 3 is 2.65 bits per heavy atom. The van der Waals surface area contributed by atoms with Gasteiger partial charge >= 0.3 is 0 Å². The van der Waals surface area contributed by atoms with Crippen LogP contribution in [0.15, 0.2) is 48.5 Å². The summed E-state index contributed by atoms with van der Waals surface area (Å²) in [7, 11) is 0. The molecule has 2 aliphatic rings. The van der Waals surface area contributed by atoms with Gasteiger partial charge in [0.05, 0.1) is 12.1 Å². The predicted octanol–water partition coefficient (Wildman–Crippen LogP) is 3.14. The normalized spacial score (nSPS) is 17.1. The molecule has 156 valence electrons. The average Bonchev–Trinajstić information content (AvgIpc) is 3.51. The zero-order chi connectivity index (χ0) is 20.9. The first-order chi connectivity index (χ1) is 15.2. The maximum Gasteiger partial charge on any atom is 0.242 e. The highest BCUT2D eigenvalue weighted by Gasteiger charge is 2.31. The van der Waals surface area contributed by atoms with Crippen LogP contribution in [-0.4, -0.2) is 56.8 Å². The summed E-state index contributed by atoms with van der Waals surface area (Å²) < 4.78 is 16.1. The van der Waals surface area contributed by atoms with Crippen LogP contribution in [0.5, 0.6) is 0 Å². The molecule has 0 N–H and O–H groups in total. The molecule has 3 heterocycles. The molecule has 1 amide bonds. The van der Waals surface area contributed by atoms with Crippen molar-refractivity contribution in [2.45, 2.75) is 12.8 Å². The van der Waals surface area contributed by atoms with Crippen LogP contribution in [0.25, 0.3) is 27.8 Å². The number of hydrogen-bond donors (Lipinski definition) is 0. The molecule has 0 unspecified atom stereocenters. The van der Waals surface area contributed by atoms with Crippen LogP contribution in [0, 0.1) is 11.7 Å². The zero-order valence-electron chi connectivity index (χ0n) is 16.9. The number of para-hydroxylation sites is 1. The third kappa shape index (κ3) is 3.10. The third-order valence-corrected chi connectivity index (χ3v) is 6.15. The molecule has 1 aliphatic carbocycles. The molecule has 1 saturated heterocycles. The summed E-state index contributed by atoms with van der Waals surface area (Å²) in [4.78, 5) is 21.7. The monoisotopic (exact) mass is 416 g/mol. The minimum atomic E-state index is -0.370. The Hall–Kier alpha value is -3.55. The van der Waals surface area contributed by atoms with Gasteiger partial charge in [-0.3, -0.25) is 4.79 Å². The van der Waals surface area contributed by atoms with Crippen molar-refractivity contribution in [1.29, 1.82) is 0 Å². The van der Waals surface area contributed by atoms with Crippen LogP contribution in [0.1, 0.15) is 12.8 Å². The largest absolute Gasteiger partial charge is 0.345 e. The van der Waals surface area contributed by atoms with Crippen molar-refractivity contribution < 1.29 is 9.18 Å².